The molecule has 0 radical (unpaired) electrons. The molecule has 0 aliphatic heterocycles. The molecule has 1 saturated carbocycles. The van der Waals surface area contributed by atoms with Crippen molar-refractivity contribution in [1.82, 2.24) is 15.1 Å². The zero-order valence-corrected chi connectivity index (χ0v) is 16.5. The SMILES string of the molecule is Cc1noc(C)c1-c1cc(-c2cccc3ccccc23)c2[nH]c(C3CC3)nc2c1. The molecule has 1 N–H and O–H groups in total. The van der Waals surface area contributed by atoms with E-state index in [0.717, 1.165) is 39.4 Å². The molecular weight excluding hydrogens is 358 g/mol. The highest BCUT2D eigenvalue weighted by atomic mass is 16.5. The number of aromatic amines is 1. The molecule has 0 spiro atoms. The standard InChI is InChI=1S/C25H21N3O/c1-14-23(15(2)29-28-14)18-12-21(20-9-5-7-16-6-3-4-8-19(16)20)24-22(13-18)26-25(27-24)17-10-11-17/h3-9,12-13,17H,10-11H2,1-2H3,(H,26,27). The third kappa shape index (κ3) is 2.59. The average molecular weight is 379 g/mol. The number of fused-ring (bicyclic) bond motifs is 2. The lowest BCUT2D eigenvalue weighted by atomic mass is 9.93. The van der Waals surface area contributed by atoms with Crippen molar-refractivity contribution in [2.45, 2.75) is 32.6 Å². The van der Waals surface area contributed by atoms with E-state index < -0.39 is 0 Å². The number of H-pyrrole nitrogens is 1. The Balaban J connectivity index is 1.69. The highest BCUT2D eigenvalue weighted by Crippen LogP contribution is 2.42. The van der Waals surface area contributed by atoms with Crippen LogP contribution in [-0.4, -0.2) is 15.1 Å². The molecule has 2 heterocycles. The minimum atomic E-state index is 0.574. The van der Waals surface area contributed by atoms with Crippen LogP contribution in [0, 0.1) is 13.8 Å². The third-order valence-corrected chi connectivity index (χ3v) is 5.98. The molecule has 1 fully saturated rings. The molecule has 0 amide bonds. The smallest absolute Gasteiger partial charge is 0.141 e. The van der Waals surface area contributed by atoms with Crippen molar-refractivity contribution in [3.63, 3.8) is 0 Å². The maximum Gasteiger partial charge on any atom is 0.141 e. The number of hydrogen-bond acceptors (Lipinski definition) is 3. The van der Waals surface area contributed by atoms with Crippen LogP contribution in [0.25, 0.3) is 44.1 Å². The van der Waals surface area contributed by atoms with Crippen LogP contribution >= 0.6 is 0 Å². The summed E-state index contributed by atoms with van der Waals surface area (Å²) in [6, 6.07) is 19.5. The lowest BCUT2D eigenvalue weighted by Gasteiger charge is -2.10. The largest absolute Gasteiger partial charge is 0.361 e. The maximum absolute atomic E-state index is 5.45. The second kappa shape index (κ2) is 6.05. The van der Waals surface area contributed by atoms with Gasteiger partial charge in [0.25, 0.3) is 0 Å². The average Bonchev–Trinajstić information content (AvgIpc) is 3.42. The fraction of sp³-hybridized carbons (Fsp3) is 0.200. The van der Waals surface area contributed by atoms with E-state index in [0.29, 0.717) is 5.92 Å². The quantitative estimate of drug-likeness (QED) is 0.387. The molecule has 2 aromatic heterocycles. The van der Waals surface area contributed by atoms with Crippen molar-refractivity contribution in [2.24, 2.45) is 0 Å². The van der Waals surface area contributed by atoms with Crippen LogP contribution in [0.3, 0.4) is 0 Å². The molecule has 4 nitrogen and oxygen atoms in total. The predicted octanol–water partition coefficient (Wildman–Crippen LogP) is 6.53. The summed E-state index contributed by atoms with van der Waals surface area (Å²) in [7, 11) is 0. The van der Waals surface area contributed by atoms with Gasteiger partial charge < -0.3 is 9.51 Å². The first-order valence-electron chi connectivity index (χ1n) is 10.1. The van der Waals surface area contributed by atoms with Gasteiger partial charge in [-0.3, -0.25) is 0 Å². The number of aryl methyl sites for hydroxylation is 2. The number of nitrogens with zero attached hydrogens (tertiary/aromatic N) is 2. The first-order chi connectivity index (χ1) is 14.2. The van der Waals surface area contributed by atoms with Gasteiger partial charge in [0.05, 0.1) is 16.7 Å². The van der Waals surface area contributed by atoms with E-state index in [4.69, 9.17) is 9.51 Å². The van der Waals surface area contributed by atoms with Crippen LogP contribution in [0.5, 0.6) is 0 Å². The predicted molar refractivity (Wildman–Crippen MR) is 116 cm³/mol. The number of rotatable bonds is 3. The lowest BCUT2D eigenvalue weighted by molar-refractivity contribution is 0.393. The van der Waals surface area contributed by atoms with Crippen LogP contribution in [0.4, 0.5) is 0 Å². The minimum absolute atomic E-state index is 0.574. The number of aromatic nitrogens is 3. The first kappa shape index (κ1) is 16.5. The summed E-state index contributed by atoms with van der Waals surface area (Å²) in [4.78, 5) is 8.61. The van der Waals surface area contributed by atoms with Crippen molar-refractivity contribution in [3.8, 4) is 22.3 Å². The molecule has 142 valence electrons. The molecule has 6 rings (SSSR count). The van der Waals surface area contributed by atoms with Crippen LogP contribution < -0.4 is 0 Å². The Morgan fingerprint density at radius 3 is 2.59 bits per heavy atom. The normalized spacial score (nSPS) is 14.1. The van der Waals surface area contributed by atoms with Crippen molar-refractivity contribution < 1.29 is 4.52 Å². The van der Waals surface area contributed by atoms with Gasteiger partial charge in [-0.2, -0.15) is 0 Å². The van der Waals surface area contributed by atoms with Gasteiger partial charge in [0, 0.05) is 17.0 Å². The molecule has 0 bridgehead atoms. The summed E-state index contributed by atoms with van der Waals surface area (Å²) in [5.74, 6) is 2.52. The zero-order valence-electron chi connectivity index (χ0n) is 16.5. The van der Waals surface area contributed by atoms with Crippen molar-refractivity contribution in [1.29, 1.82) is 0 Å². The zero-order chi connectivity index (χ0) is 19.5. The number of imidazole rings is 1. The third-order valence-electron chi connectivity index (χ3n) is 5.98. The lowest BCUT2D eigenvalue weighted by Crippen LogP contribution is -1.88. The van der Waals surface area contributed by atoms with Gasteiger partial charge in [-0.05, 0) is 60.7 Å². The van der Waals surface area contributed by atoms with E-state index in [9.17, 15) is 0 Å². The number of hydrogen-bond donors (Lipinski definition) is 1. The molecule has 0 saturated heterocycles. The Hall–Kier alpha value is -3.40. The molecule has 1 aliphatic carbocycles. The molecular formula is C25H21N3O. The second-order valence-electron chi connectivity index (χ2n) is 8.04. The molecule has 1 aliphatic rings. The highest BCUT2D eigenvalue weighted by molar-refractivity contribution is 6.05. The minimum Gasteiger partial charge on any atom is -0.361 e. The monoisotopic (exact) mass is 379 g/mol. The van der Waals surface area contributed by atoms with E-state index in [-0.39, 0.29) is 0 Å². The van der Waals surface area contributed by atoms with Crippen molar-refractivity contribution in [3.05, 3.63) is 71.9 Å². The molecule has 5 aromatic rings. The summed E-state index contributed by atoms with van der Waals surface area (Å²) in [5, 5.41) is 6.65. The number of benzene rings is 3. The van der Waals surface area contributed by atoms with E-state index in [1.165, 1.54) is 34.7 Å². The van der Waals surface area contributed by atoms with Crippen LogP contribution in [0.2, 0.25) is 0 Å². The van der Waals surface area contributed by atoms with Gasteiger partial charge in [-0.25, -0.2) is 4.98 Å². The summed E-state index contributed by atoms with van der Waals surface area (Å²) in [5.41, 5.74) is 7.58. The topological polar surface area (TPSA) is 54.7 Å². The maximum atomic E-state index is 5.45. The molecule has 0 atom stereocenters. The summed E-state index contributed by atoms with van der Waals surface area (Å²) < 4.78 is 5.45. The van der Waals surface area contributed by atoms with Gasteiger partial charge in [0.15, 0.2) is 0 Å². The number of nitrogens with one attached hydrogen (secondary N) is 1. The van der Waals surface area contributed by atoms with Crippen molar-refractivity contribution in [2.75, 3.05) is 0 Å². The first-order valence-corrected chi connectivity index (χ1v) is 10.1. The Bertz CT molecular complexity index is 1360. The highest BCUT2D eigenvalue weighted by Gasteiger charge is 2.28. The summed E-state index contributed by atoms with van der Waals surface area (Å²) >= 11 is 0. The summed E-state index contributed by atoms with van der Waals surface area (Å²) in [6.07, 6.45) is 2.44. The molecule has 0 unspecified atom stereocenters. The fourth-order valence-electron chi connectivity index (χ4n) is 4.39. The van der Waals surface area contributed by atoms with E-state index >= 15 is 0 Å². The van der Waals surface area contributed by atoms with Gasteiger partial charge in [0.2, 0.25) is 0 Å². The van der Waals surface area contributed by atoms with Crippen molar-refractivity contribution >= 4 is 21.8 Å². The van der Waals surface area contributed by atoms with Gasteiger partial charge in [0.1, 0.15) is 11.6 Å². The molecule has 3 aromatic carbocycles. The molecule has 29 heavy (non-hydrogen) atoms. The Labute approximate surface area is 168 Å². The van der Waals surface area contributed by atoms with Gasteiger partial charge in [-0.1, -0.05) is 47.6 Å². The molecule has 4 heteroatoms. The van der Waals surface area contributed by atoms with E-state index in [1.807, 2.05) is 13.8 Å². The van der Waals surface area contributed by atoms with Crippen LogP contribution in [-0.2, 0) is 0 Å². The Morgan fingerprint density at radius 1 is 0.966 bits per heavy atom. The fourth-order valence-corrected chi connectivity index (χ4v) is 4.39. The van der Waals surface area contributed by atoms with Crippen LogP contribution in [0.15, 0.2) is 59.1 Å². The van der Waals surface area contributed by atoms with E-state index in [2.05, 4.69) is 64.7 Å². The van der Waals surface area contributed by atoms with Gasteiger partial charge >= 0.3 is 0 Å². The second-order valence-corrected chi connectivity index (χ2v) is 8.04. The Kier molecular flexibility index (Phi) is 3.45. The van der Waals surface area contributed by atoms with Gasteiger partial charge in [-0.15, -0.1) is 0 Å². The van der Waals surface area contributed by atoms with Crippen LogP contribution in [0.1, 0.15) is 36.0 Å². The Morgan fingerprint density at radius 2 is 1.79 bits per heavy atom. The summed E-state index contributed by atoms with van der Waals surface area (Å²) in [6.45, 7) is 3.96. The van der Waals surface area contributed by atoms with E-state index in [1.54, 1.807) is 0 Å².